The maximum absolute atomic E-state index is 12.5. The number of aliphatic hydroxyl groups is 1. The van der Waals surface area contributed by atoms with Crippen LogP contribution in [0, 0.1) is 5.41 Å². The molecule has 0 unspecified atom stereocenters. The van der Waals surface area contributed by atoms with E-state index < -0.39 is 0 Å². The molecule has 5 nitrogen and oxygen atoms in total. The Kier molecular flexibility index (Phi) is 6.49. The van der Waals surface area contributed by atoms with Gasteiger partial charge in [0, 0.05) is 24.6 Å². The number of nitrogens with one attached hydrogen (secondary N) is 1. The van der Waals surface area contributed by atoms with E-state index in [1.807, 2.05) is 31.2 Å². The summed E-state index contributed by atoms with van der Waals surface area (Å²) in [7, 11) is 1.79. The average Bonchev–Trinajstić information content (AvgIpc) is 2.56. The lowest BCUT2D eigenvalue weighted by molar-refractivity contribution is 0.0227. The first kappa shape index (κ1) is 18.6. The van der Waals surface area contributed by atoms with Gasteiger partial charge in [0.05, 0.1) is 19.3 Å². The van der Waals surface area contributed by atoms with Gasteiger partial charge in [-0.25, -0.2) is 4.79 Å². The highest BCUT2D eigenvalue weighted by molar-refractivity contribution is 5.74. The van der Waals surface area contributed by atoms with Crippen molar-refractivity contribution in [1.29, 1.82) is 0 Å². The lowest BCUT2D eigenvalue weighted by Crippen LogP contribution is -2.48. The fourth-order valence-corrected chi connectivity index (χ4v) is 3.17. The van der Waals surface area contributed by atoms with Gasteiger partial charge in [-0.2, -0.15) is 0 Å². The number of hydrogen-bond donors (Lipinski definition) is 2. The minimum Gasteiger partial charge on any atom is -0.493 e. The molecule has 1 aromatic carbocycles. The number of hydrogen-bond acceptors (Lipinski definition) is 3. The molecule has 0 saturated heterocycles. The maximum Gasteiger partial charge on any atom is 0.317 e. The van der Waals surface area contributed by atoms with Crippen LogP contribution in [-0.2, 0) is 0 Å². The van der Waals surface area contributed by atoms with Gasteiger partial charge in [0.1, 0.15) is 5.75 Å². The Bertz CT molecular complexity index is 538. The SMILES string of the molecule is CCCOc1ccccc1[C@H](C)NC(=O)N(C)CC1(CO)CCC1. The Morgan fingerprint density at radius 2 is 2.12 bits per heavy atom. The van der Waals surface area contributed by atoms with E-state index in [1.165, 1.54) is 0 Å². The molecule has 0 aromatic heterocycles. The number of carbonyl (C=O) groups is 1. The van der Waals surface area contributed by atoms with E-state index in [9.17, 15) is 9.90 Å². The molecule has 1 aromatic rings. The summed E-state index contributed by atoms with van der Waals surface area (Å²) in [4.78, 5) is 14.2. The van der Waals surface area contributed by atoms with E-state index in [0.717, 1.165) is 37.0 Å². The van der Waals surface area contributed by atoms with Crippen molar-refractivity contribution in [2.75, 3.05) is 26.8 Å². The van der Waals surface area contributed by atoms with Crippen LogP contribution in [0.1, 0.15) is 51.1 Å². The second kappa shape index (κ2) is 8.38. The van der Waals surface area contributed by atoms with Gasteiger partial charge in [-0.15, -0.1) is 0 Å². The topological polar surface area (TPSA) is 61.8 Å². The van der Waals surface area contributed by atoms with Crippen LogP contribution < -0.4 is 10.1 Å². The number of carbonyl (C=O) groups excluding carboxylic acids is 1. The Balaban J connectivity index is 1.96. The third-order valence-corrected chi connectivity index (χ3v) is 4.86. The van der Waals surface area contributed by atoms with E-state index in [-0.39, 0.29) is 24.1 Å². The van der Waals surface area contributed by atoms with Crippen LogP contribution in [-0.4, -0.2) is 42.8 Å². The number of urea groups is 1. The van der Waals surface area contributed by atoms with Gasteiger partial charge in [-0.05, 0) is 32.3 Å². The quantitative estimate of drug-likeness (QED) is 0.766. The van der Waals surface area contributed by atoms with E-state index in [1.54, 1.807) is 11.9 Å². The fraction of sp³-hybridized carbons (Fsp3) is 0.632. The summed E-state index contributed by atoms with van der Waals surface area (Å²) in [5, 5.41) is 12.6. The molecule has 0 aliphatic heterocycles. The predicted molar refractivity (Wildman–Crippen MR) is 95.2 cm³/mol. The normalized spacial score (nSPS) is 16.8. The van der Waals surface area contributed by atoms with Gasteiger partial charge in [0.15, 0.2) is 0 Å². The summed E-state index contributed by atoms with van der Waals surface area (Å²) in [6.45, 7) is 5.44. The largest absolute Gasteiger partial charge is 0.493 e. The van der Waals surface area contributed by atoms with Crippen molar-refractivity contribution >= 4 is 6.03 Å². The van der Waals surface area contributed by atoms with E-state index in [2.05, 4.69) is 12.2 Å². The molecule has 1 fully saturated rings. The maximum atomic E-state index is 12.5. The fourth-order valence-electron chi connectivity index (χ4n) is 3.17. The van der Waals surface area contributed by atoms with E-state index in [4.69, 9.17) is 4.74 Å². The highest BCUT2D eigenvalue weighted by atomic mass is 16.5. The first-order chi connectivity index (χ1) is 11.5. The van der Waals surface area contributed by atoms with E-state index >= 15 is 0 Å². The summed E-state index contributed by atoms with van der Waals surface area (Å²) in [6.07, 6.45) is 4.06. The molecule has 0 radical (unpaired) electrons. The number of ether oxygens (including phenoxy) is 1. The molecule has 1 saturated carbocycles. The van der Waals surface area contributed by atoms with Crippen molar-refractivity contribution in [2.24, 2.45) is 5.41 Å². The third kappa shape index (κ3) is 4.41. The summed E-state index contributed by atoms with van der Waals surface area (Å²) < 4.78 is 5.78. The van der Waals surface area contributed by atoms with Crippen LogP contribution >= 0.6 is 0 Å². The second-order valence-electron chi connectivity index (χ2n) is 6.93. The first-order valence-corrected chi connectivity index (χ1v) is 8.85. The van der Waals surface area contributed by atoms with Gasteiger partial charge in [0.2, 0.25) is 0 Å². The average molecular weight is 334 g/mol. The number of amides is 2. The van der Waals surface area contributed by atoms with Gasteiger partial charge < -0.3 is 20.1 Å². The van der Waals surface area contributed by atoms with Crippen molar-refractivity contribution in [1.82, 2.24) is 10.2 Å². The van der Waals surface area contributed by atoms with Crippen LogP contribution in [0.15, 0.2) is 24.3 Å². The summed E-state index contributed by atoms with van der Waals surface area (Å²) in [6, 6.07) is 7.56. The minimum absolute atomic E-state index is 0.0997. The Morgan fingerprint density at radius 1 is 1.42 bits per heavy atom. The highest BCUT2D eigenvalue weighted by Crippen LogP contribution is 2.40. The number of nitrogens with zero attached hydrogens (tertiary/aromatic N) is 1. The molecule has 5 heteroatoms. The summed E-state index contributed by atoms with van der Waals surface area (Å²) >= 11 is 0. The molecule has 0 bridgehead atoms. The molecule has 24 heavy (non-hydrogen) atoms. The lowest BCUT2D eigenvalue weighted by Gasteiger charge is -2.42. The first-order valence-electron chi connectivity index (χ1n) is 8.85. The molecule has 1 aliphatic rings. The second-order valence-corrected chi connectivity index (χ2v) is 6.93. The van der Waals surface area contributed by atoms with Crippen LogP contribution in [0.25, 0.3) is 0 Å². The van der Waals surface area contributed by atoms with Crippen molar-refractivity contribution in [3.63, 3.8) is 0 Å². The van der Waals surface area contributed by atoms with Crippen molar-refractivity contribution < 1.29 is 14.6 Å². The van der Waals surface area contributed by atoms with Crippen LogP contribution in [0.2, 0.25) is 0 Å². The number of para-hydroxylation sites is 1. The molecule has 2 N–H and O–H groups in total. The third-order valence-electron chi connectivity index (χ3n) is 4.86. The predicted octanol–water partition coefficient (Wildman–Crippen LogP) is 3.34. The Hall–Kier alpha value is -1.75. The Labute approximate surface area is 145 Å². The molecule has 2 amide bonds. The molecule has 1 aliphatic carbocycles. The van der Waals surface area contributed by atoms with Crippen LogP contribution in [0.5, 0.6) is 5.75 Å². The Morgan fingerprint density at radius 3 is 2.71 bits per heavy atom. The summed E-state index contributed by atoms with van der Waals surface area (Å²) in [5.41, 5.74) is 0.880. The van der Waals surface area contributed by atoms with Crippen molar-refractivity contribution in [3.05, 3.63) is 29.8 Å². The van der Waals surface area contributed by atoms with Gasteiger partial charge in [-0.3, -0.25) is 0 Å². The molecule has 0 spiro atoms. The smallest absolute Gasteiger partial charge is 0.317 e. The molecule has 134 valence electrons. The molecular weight excluding hydrogens is 304 g/mol. The number of benzene rings is 1. The van der Waals surface area contributed by atoms with Gasteiger partial charge in [0.25, 0.3) is 0 Å². The monoisotopic (exact) mass is 334 g/mol. The van der Waals surface area contributed by atoms with Gasteiger partial charge >= 0.3 is 6.03 Å². The summed E-state index contributed by atoms with van der Waals surface area (Å²) in [5.74, 6) is 0.820. The molecular formula is C19H30N2O3. The number of aliphatic hydroxyl groups excluding tert-OH is 1. The van der Waals surface area contributed by atoms with Crippen molar-refractivity contribution in [3.8, 4) is 5.75 Å². The van der Waals surface area contributed by atoms with Gasteiger partial charge in [-0.1, -0.05) is 31.5 Å². The molecule has 1 atom stereocenters. The standard InChI is InChI=1S/C19H30N2O3/c1-4-12-24-17-9-6-5-8-16(17)15(2)20-18(23)21(3)13-19(14-22)10-7-11-19/h5-6,8-9,15,22H,4,7,10-14H2,1-3H3,(H,20,23)/t15-/m0/s1. The van der Waals surface area contributed by atoms with Crippen LogP contribution in [0.4, 0.5) is 4.79 Å². The lowest BCUT2D eigenvalue weighted by atomic mass is 9.69. The van der Waals surface area contributed by atoms with Crippen molar-refractivity contribution in [2.45, 2.75) is 45.6 Å². The zero-order chi connectivity index (χ0) is 17.6. The number of rotatable bonds is 8. The minimum atomic E-state index is -0.139. The molecule has 2 rings (SSSR count). The highest BCUT2D eigenvalue weighted by Gasteiger charge is 2.38. The van der Waals surface area contributed by atoms with Crippen LogP contribution in [0.3, 0.4) is 0 Å². The molecule has 0 heterocycles. The zero-order valence-electron chi connectivity index (χ0n) is 15.0. The zero-order valence-corrected chi connectivity index (χ0v) is 15.0. The van der Waals surface area contributed by atoms with E-state index in [0.29, 0.717) is 13.2 Å².